The zero-order valence-corrected chi connectivity index (χ0v) is 19.1. The molecule has 0 aliphatic carbocycles. The molecule has 166 valence electrons. The van der Waals surface area contributed by atoms with Crippen LogP contribution in [-0.2, 0) is 10.0 Å². The lowest BCUT2D eigenvalue weighted by atomic mass is 9.93. The Balaban J connectivity index is 1.79. The number of hydrogen-bond acceptors (Lipinski definition) is 4. The van der Waals surface area contributed by atoms with Crippen molar-refractivity contribution in [1.29, 1.82) is 0 Å². The van der Waals surface area contributed by atoms with Crippen LogP contribution in [0.15, 0.2) is 45.7 Å². The van der Waals surface area contributed by atoms with E-state index in [2.05, 4.69) is 21.7 Å². The molecule has 1 saturated heterocycles. The van der Waals surface area contributed by atoms with Crippen LogP contribution < -0.4 is 5.32 Å². The van der Waals surface area contributed by atoms with Gasteiger partial charge in [0.15, 0.2) is 0 Å². The summed E-state index contributed by atoms with van der Waals surface area (Å²) in [6.45, 7) is 6.96. The van der Waals surface area contributed by atoms with Gasteiger partial charge in [0.1, 0.15) is 5.82 Å². The number of benzene rings is 2. The van der Waals surface area contributed by atoms with Gasteiger partial charge in [0, 0.05) is 17.3 Å². The molecule has 31 heavy (non-hydrogen) atoms. The average Bonchev–Trinajstić information content (AvgIpc) is 2.69. The highest BCUT2D eigenvalue weighted by Crippen LogP contribution is 2.25. The number of nitrogens with one attached hydrogen (secondary N) is 1. The van der Waals surface area contributed by atoms with Gasteiger partial charge in [0.2, 0.25) is 0 Å². The number of anilines is 1. The van der Waals surface area contributed by atoms with Crippen molar-refractivity contribution in [2.75, 3.05) is 25.5 Å². The van der Waals surface area contributed by atoms with Crippen LogP contribution in [0.5, 0.6) is 0 Å². The van der Waals surface area contributed by atoms with Gasteiger partial charge in [0.25, 0.3) is 15.9 Å². The van der Waals surface area contributed by atoms with Crippen LogP contribution in [0.3, 0.4) is 0 Å². The number of carbonyl (C=O) groups excluding carboxylic acids is 1. The second-order valence-electron chi connectivity index (χ2n) is 8.15. The minimum absolute atomic E-state index is 0.0306. The van der Waals surface area contributed by atoms with E-state index in [0.717, 1.165) is 25.9 Å². The lowest BCUT2D eigenvalue weighted by molar-refractivity contribution is 0.102. The Labute approximate surface area is 183 Å². The van der Waals surface area contributed by atoms with Gasteiger partial charge in [-0.2, -0.15) is 12.8 Å². The highest BCUT2D eigenvalue weighted by Gasteiger charge is 2.22. The molecule has 8 heteroatoms. The topological polar surface area (TPSA) is 78.8 Å². The van der Waals surface area contributed by atoms with E-state index in [1.165, 1.54) is 24.3 Å². The van der Waals surface area contributed by atoms with Crippen molar-refractivity contribution in [2.45, 2.75) is 38.5 Å². The molecule has 2 aromatic carbocycles. The third-order valence-electron chi connectivity index (χ3n) is 5.77. The smallest absolute Gasteiger partial charge is 0.282 e. The molecule has 1 aliphatic rings. The van der Waals surface area contributed by atoms with E-state index in [1.54, 1.807) is 32.9 Å². The van der Waals surface area contributed by atoms with E-state index in [9.17, 15) is 17.6 Å². The number of hydrogen-bond donors (Lipinski definition) is 1. The molecule has 0 saturated carbocycles. The van der Waals surface area contributed by atoms with E-state index in [-0.39, 0.29) is 16.4 Å². The van der Waals surface area contributed by atoms with Crippen LogP contribution in [-0.4, -0.2) is 45.1 Å². The minimum atomic E-state index is -3.85. The first-order valence-electron chi connectivity index (χ1n) is 10.3. The van der Waals surface area contributed by atoms with Crippen LogP contribution in [0.2, 0.25) is 0 Å². The van der Waals surface area contributed by atoms with Crippen molar-refractivity contribution < 1.29 is 17.6 Å². The molecule has 1 fully saturated rings. The standard InChI is InChI=1S/C23H28FN3O3S/c1-15-6-5-7-20(24)22(15)23(28)25-21-9-8-19(14-16(21)2)31(29,30)26-17(3)18-10-12-27(4)13-11-18/h5-9,14,18H,10-13H2,1-4H3,(H,25,28). The van der Waals surface area contributed by atoms with Crippen LogP contribution in [0.1, 0.15) is 41.3 Å². The molecule has 1 heterocycles. The fraction of sp³-hybridized carbons (Fsp3) is 0.391. The number of rotatable bonds is 5. The highest BCUT2D eigenvalue weighted by molar-refractivity contribution is 7.90. The van der Waals surface area contributed by atoms with Gasteiger partial charge < -0.3 is 10.2 Å². The van der Waals surface area contributed by atoms with E-state index in [4.69, 9.17) is 0 Å². The molecule has 0 aromatic heterocycles. The second-order valence-corrected chi connectivity index (χ2v) is 9.75. The molecule has 1 aliphatic heterocycles. The van der Waals surface area contributed by atoms with Gasteiger partial charge in [0.05, 0.1) is 10.5 Å². The number of aryl methyl sites for hydroxylation is 2. The number of amides is 1. The number of nitrogens with zero attached hydrogens (tertiary/aromatic N) is 2. The summed E-state index contributed by atoms with van der Waals surface area (Å²) in [5, 5.41) is 2.67. The number of carbonyl (C=O) groups is 1. The summed E-state index contributed by atoms with van der Waals surface area (Å²) < 4.78 is 43.7. The van der Waals surface area contributed by atoms with Crippen molar-refractivity contribution >= 4 is 27.3 Å². The van der Waals surface area contributed by atoms with E-state index in [0.29, 0.717) is 22.5 Å². The SMILES string of the molecule is CC(=NS(=O)(=O)c1ccc(NC(=O)c2c(C)cccc2F)c(C)c1)C1CCN(C)CC1. The third-order valence-corrected chi connectivity index (χ3v) is 7.14. The summed E-state index contributed by atoms with van der Waals surface area (Å²) in [5.41, 5.74) is 2.08. The molecule has 0 radical (unpaired) electrons. The molecule has 1 N–H and O–H groups in total. The molecule has 6 nitrogen and oxygen atoms in total. The predicted octanol–water partition coefficient (Wildman–Crippen LogP) is 4.19. The van der Waals surface area contributed by atoms with Gasteiger partial charge >= 0.3 is 0 Å². The Bertz CT molecular complexity index is 1100. The molecule has 0 bridgehead atoms. The average molecular weight is 446 g/mol. The number of halogens is 1. The Morgan fingerprint density at radius 2 is 1.81 bits per heavy atom. The molecule has 0 unspecified atom stereocenters. The van der Waals surface area contributed by atoms with Crippen LogP contribution in [0.4, 0.5) is 10.1 Å². The summed E-state index contributed by atoms with van der Waals surface area (Å²) in [6.07, 6.45) is 1.78. The van der Waals surface area contributed by atoms with Gasteiger partial charge in [-0.15, -0.1) is 0 Å². The number of likely N-dealkylation sites (tertiary alicyclic amines) is 1. The van der Waals surface area contributed by atoms with E-state index >= 15 is 0 Å². The largest absolute Gasteiger partial charge is 0.322 e. The Morgan fingerprint density at radius 3 is 2.42 bits per heavy atom. The third kappa shape index (κ3) is 5.37. The Hall–Kier alpha value is -2.58. The molecule has 0 atom stereocenters. The van der Waals surface area contributed by atoms with Crippen LogP contribution >= 0.6 is 0 Å². The summed E-state index contributed by atoms with van der Waals surface area (Å²) in [5.74, 6) is -1.02. The first-order chi connectivity index (χ1) is 14.6. The van der Waals surface area contributed by atoms with E-state index < -0.39 is 21.7 Å². The summed E-state index contributed by atoms with van der Waals surface area (Å²) in [6, 6.07) is 8.83. The second kappa shape index (κ2) is 9.28. The summed E-state index contributed by atoms with van der Waals surface area (Å²) >= 11 is 0. The van der Waals surface area contributed by atoms with Gasteiger partial charge in [-0.1, -0.05) is 12.1 Å². The Morgan fingerprint density at radius 1 is 1.13 bits per heavy atom. The first kappa shape index (κ1) is 23.1. The van der Waals surface area contributed by atoms with Crippen LogP contribution in [0, 0.1) is 25.6 Å². The molecule has 2 aromatic rings. The fourth-order valence-electron chi connectivity index (χ4n) is 3.78. The normalized spacial score (nSPS) is 16.4. The minimum Gasteiger partial charge on any atom is -0.322 e. The van der Waals surface area contributed by atoms with Crippen molar-refractivity contribution in [1.82, 2.24) is 4.90 Å². The maximum absolute atomic E-state index is 14.1. The highest BCUT2D eigenvalue weighted by atomic mass is 32.2. The quantitative estimate of drug-likeness (QED) is 0.700. The first-order valence-corrected chi connectivity index (χ1v) is 11.7. The van der Waals surface area contributed by atoms with E-state index in [1.807, 2.05) is 0 Å². The number of piperidine rings is 1. The fourth-order valence-corrected chi connectivity index (χ4v) is 4.98. The lowest BCUT2D eigenvalue weighted by Crippen LogP contribution is -2.33. The lowest BCUT2D eigenvalue weighted by Gasteiger charge is -2.28. The Kier molecular flexibility index (Phi) is 6.91. The van der Waals surface area contributed by atoms with Gasteiger partial charge in [-0.05, 0) is 89.1 Å². The zero-order chi connectivity index (χ0) is 22.8. The predicted molar refractivity (Wildman–Crippen MR) is 121 cm³/mol. The summed E-state index contributed by atoms with van der Waals surface area (Å²) in [4.78, 5) is 14.8. The molecule has 0 spiro atoms. The number of sulfonamides is 1. The van der Waals surface area contributed by atoms with Crippen molar-refractivity contribution in [2.24, 2.45) is 10.3 Å². The van der Waals surface area contributed by atoms with Crippen molar-refractivity contribution in [3.63, 3.8) is 0 Å². The zero-order valence-electron chi connectivity index (χ0n) is 18.3. The maximum Gasteiger partial charge on any atom is 0.282 e. The maximum atomic E-state index is 14.1. The van der Waals surface area contributed by atoms with Gasteiger partial charge in [-0.25, -0.2) is 4.39 Å². The summed E-state index contributed by atoms with van der Waals surface area (Å²) in [7, 11) is -1.80. The van der Waals surface area contributed by atoms with Gasteiger partial charge in [-0.3, -0.25) is 4.79 Å². The monoisotopic (exact) mass is 445 g/mol. The molecule has 1 amide bonds. The van der Waals surface area contributed by atoms with Crippen LogP contribution in [0.25, 0.3) is 0 Å². The molecule has 3 rings (SSSR count). The molecular weight excluding hydrogens is 417 g/mol. The molecular formula is C23H28FN3O3S. The van der Waals surface area contributed by atoms with Crippen molar-refractivity contribution in [3.8, 4) is 0 Å². The van der Waals surface area contributed by atoms with Crippen molar-refractivity contribution in [3.05, 3.63) is 58.9 Å².